The van der Waals surface area contributed by atoms with Gasteiger partial charge in [0.05, 0.1) is 0 Å². The Bertz CT molecular complexity index is 91.5. The van der Waals surface area contributed by atoms with E-state index in [1.165, 1.54) is 0 Å². The second-order valence-electron chi connectivity index (χ2n) is 0.729. The number of carboxylic acids is 1. The van der Waals surface area contributed by atoms with Gasteiger partial charge in [0.2, 0.25) is 0 Å². The summed E-state index contributed by atoms with van der Waals surface area (Å²) in [5.41, 5.74) is 2.16. The van der Waals surface area contributed by atoms with Gasteiger partial charge in [-0.05, 0) is 0 Å². The number of aliphatic carboxylic acids is 1. The van der Waals surface area contributed by atoms with Gasteiger partial charge < -0.3 is 0 Å². The van der Waals surface area contributed by atoms with Crippen molar-refractivity contribution in [3.05, 3.63) is 0 Å². The van der Waals surface area contributed by atoms with E-state index in [1.807, 2.05) is 0 Å². The molecule has 0 bridgehead atoms. The monoisotopic (exact) mass is 102 g/mol. The minimum atomic E-state index is -0.898. The van der Waals surface area contributed by atoms with Gasteiger partial charge in [-0.2, -0.15) is 0 Å². The molecule has 0 aromatic rings. The van der Waals surface area contributed by atoms with E-state index in [9.17, 15) is 4.79 Å². The molecule has 0 heterocycles. The molecule has 0 aliphatic rings. The normalized spacial score (nSPS) is 6.50. The quantitative estimate of drug-likeness (QED) is 0.498. The first-order chi connectivity index (χ1) is 2.77. The number of carbonyl (C=O) groups is 1. The van der Waals surface area contributed by atoms with Crippen LogP contribution in [0.4, 0.5) is 0 Å². The van der Waals surface area contributed by atoms with E-state index >= 15 is 0 Å². The van der Waals surface area contributed by atoms with Gasteiger partial charge in [0, 0.05) is 0 Å². The summed E-state index contributed by atoms with van der Waals surface area (Å²) in [6.07, 6.45) is -0.0941. The summed E-state index contributed by atoms with van der Waals surface area (Å²) in [4.78, 5) is 9.49. The molecule has 0 aromatic carbocycles. The Morgan fingerprint density at radius 3 is 2.50 bits per heavy atom. The number of hydrogen-bond acceptors (Lipinski definition) is 1. The zero-order valence-corrected chi connectivity index (χ0v) is 3.90. The molecular weight excluding hydrogens is 99.0 g/mol. The van der Waals surface area contributed by atoms with Crippen LogP contribution in [-0.4, -0.2) is 11.1 Å². The maximum atomic E-state index is 9.49. The van der Waals surface area contributed by atoms with Gasteiger partial charge in [-0.15, -0.1) is 0 Å². The third kappa shape index (κ3) is 3.68. The molecule has 0 atom stereocenters. The number of hydrogen-bond donors (Lipinski definition) is 1. The second kappa shape index (κ2) is 2.89. The van der Waals surface area contributed by atoms with Crippen molar-refractivity contribution in [2.24, 2.45) is 0 Å². The minimum absolute atomic E-state index is 0.0941. The fraction of sp³-hybridized carbons (Fsp3) is 0.333. The van der Waals surface area contributed by atoms with Gasteiger partial charge in [-0.1, -0.05) is 0 Å². The van der Waals surface area contributed by atoms with Gasteiger partial charge in [0.25, 0.3) is 0 Å². The molecule has 2 nitrogen and oxygen atoms in total. The Kier molecular flexibility index (Phi) is 2.74. The van der Waals surface area contributed by atoms with Gasteiger partial charge in [-0.25, -0.2) is 0 Å². The zero-order chi connectivity index (χ0) is 4.99. The first kappa shape index (κ1) is 5.68. The van der Waals surface area contributed by atoms with Crippen LogP contribution in [0.25, 0.3) is 0 Å². The van der Waals surface area contributed by atoms with Crippen molar-refractivity contribution >= 4 is 14.7 Å². The van der Waals surface area contributed by atoms with Gasteiger partial charge >= 0.3 is 36.6 Å². The molecule has 0 amide bonds. The molecule has 0 aliphatic carbocycles. The summed E-state index contributed by atoms with van der Waals surface area (Å²) < 4.78 is 0. The van der Waals surface area contributed by atoms with Gasteiger partial charge in [0.1, 0.15) is 0 Å². The molecule has 0 aromatic heterocycles. The number of rotatable bonds is 1. The van der Waals surface area contributed by atoms with Crippen molar-refractivity contribution in [2.45, 2.75) is 6.42 Å². The predicted molar refractivity (Wildman–Crippen MR) is 23.1 cm³/mol. The molecule has 3 heteroatoms. The van der Waals surface area contributed by atoms with Crippen molar-refractivity contribution < 1.29 is 9.90 Å². The molecule has 6 heavy (non-hydrogen) atoms. The summed E-state index contributed by atoms with van der Waals surface area (Å²) >= 11 is 0. The van der Waals surface area contributed by atoms with Crippen molar-refractivity contribution in [3.8, 4) is 5.63 Å². The van der Waals surface area contributed by atoms with Crippen molar-refractivity contribution in [2.75, 3.05) is 0 Å². The van der Waals surface area contributed by atoms with Crippen LogP contribution in [0.3, 0.4) is 0 Å². The Labute approximate surface area is 37.7 Å². The van der Waals surface area contributed by atoms with Crippen molar-refractivity contribution in [3.63, 3.8) is 0 Å². The average molecular weight is 102 g/mol. The topological polar surface area (TPSA) is 37.3 Å². The summed E-state index contributed by atoms with van der Waals surface area (Å²) in [7, 11) is 3.43. The molecule has 0 rings (SSSR count). The third-order valence-corrected chi connectivity index (χ3v) is 0.388. The molecule has 0 radical (unpaired) electrons. The Morgan fingerprint density at radius 1 is 2.00 bits per heavy atom. The molecule has 1 N–H and O–H groups in total. The van der Waals surface area contributed by atoms with Crippen LogP contribution in [-0.2, 0) is 4.79 Å². The van der Waals surface area contributed by atoms with Gasteiger partial charge in [0.15, 0.2) is 0 Å². The van der Waals surface area contributed by atoms with E-state index in [2.05, 4.69) is 14.3 Å². The second-order valence-corrected chi connectivity index (χ2v) is 1.04. The van der Waals surface area contributed by atoms with Crippen molar-refractivity contribution in [1.29, 1.82) is 0 Å². The Hall–Kier alpha value is -0.320. The van der Waals surface area contributed by atoms with Crippen LogP contribution in [0, 0.1) is 5.63 Å². The van der Waals surface area contributed by atoms with E-state index in [-0.39, 0.29) is 6.42 Å². The first-order valence-electron chi connectivity index (χ1n) is 1.36. The Balaban J connectivity index is 3.13. The SMILES string of the molecule is O=C(O)CC#P. The van der Waals surface area contributed by atoms with E-state index in [1.54, 1.807) is 0 Å². The third-order valence-electron chi connectivity index (χ3n) is 0.230. The van der Waals surface area contributed by atoms with Crippen LogP contribution < -0.4 is 0 Å². The van der Waals surface area contributed by atoms with Crippen molar-refractivity contribution in [1.82, 2.24) is 0 Å². The number of carboxylic acid groups (broad SMARTS) is 1. The van der Waals surface area contributed by atoms with E-state index < -0.39 is 5.97 Å². The summed E-state index contributed by atoms with van der Waals surface area (Å²) in [5, 5.41) is 7.80. The van der Waals surface area contributed by atoms with E-state index in [0.717, 1.165) is 0 Å². The summed E-state index contributed by atoms with van der Waals surface area (Å²) in [6, 6.07) is 0. The summed E-state index contributed by atoms with van der Waals surface area (Å²) in [5.74, 6) is -0.898. The van der Waals surface area contributed by atoms with E-state index in [4.69, 9.17) is 5.11 Å². The van der Waals surface area contributed by atoms with Crippen LogP contribution in [0.5, 0.6) is 0 Å². The first-order valence-corrected chi connectivity index (χ1v) is 1.81. The molecule has 0 saturated heterocycles. The zero-order valence-electron chi connectivity index (χ0n) is 3.01. The molecule has 0 aliphatic heterocycles. The Morgan fingerprint density at radius 2 is 2.50 bits per heavy atom. The standard InChI is InChI=1S/C3H3O2P/c4-3(5)1-2-6/h1H2,(H,4,5). The van der Waals surface area contributed by atoms with Crippen LogP contribution >= 0.6 is 8.70 Å². The van der Waals surface area contributed by atoms with Gasteiger partial charge in [-0.3, -0.25) is 0 Å². The molecule has 0 spiro atoms. The van der Waals surface area contributed by atoms with E-state index in [0.29, 0.717) is 0 Å². The van der Waals surface area contributed by atoms with Crippen LogP contribution in [0.1, 0.15) is 6.42 Å². The average Bonchev–Trinajstić information content (AvgIpc) is 1.35. The fourth-order valence-corrected chi connectivity index (χ4v) is 0.203. The molecule has 0 unspecified atom stereocenters. The van der Waals surface area contributed by atoms with Crippen LogP contribution in [0.15, 0.2) is 0 Å². The molecular formula is C3H3O2P. The molecule has 0 fully saturated rings. The van der Waals surface area contributed by atoms with Crippen LogP contribution in [0.2, 0.25) is 0 Å². The summed E-state index contributed by atoms with van der Waals surface area (Å²) in [6.45, 7) is 0. The fourth-order valence-electron chi connectivity index (χ4n) is 0.0676. The molecule has 0 saturated carbocycles. The maximum absolute atomic E-state index is 9.49. The molecule has 32 valence electrons. The predicted octanol–water partition coefficient (Wildman–Crippen LogP) is 0.831.